The van der Waals surface area contributed by atoms with E-state index in [0.717, 1.165) is 18.2 Å². The highest BCUT2D eigenvalue weighted by atomic mass is 79.9. The van der Waals surface area contributed by atoms with Gasteiger partial charge < -0.3 is 16.0 Å². The van der Waals surface area contributed by atoms with Crippen molar-refractivity contribution >= 4 is 39.7 Å². The van der Waals surface area contributed by atoms with Crippen molar-refractivity contribution < 1.29 is 9.59 Å². The number of pyridine rings is 1. The van der Waals surface area contributed by atoms with Crippen LogP contribution in [0.2, 0.25) is 0 Å². The molecule has 30 heavy (non-hydrogen) atoms. The number of aromatic nitrogens is 1. The number of nitrogens with one attached hydrogen (secondary N) is 3. The van der Waals surface area contributed by atoms with E-state index in [-0.39, 0.29) is 24.4 Å². The molecule has 7 nitrogen and oxygen atoms in total. The second kappa shape index (κ2) is 9.37. The van der Waals surface area contributed by atoms with Gasteiger partial charge in [-0.3, -0.25) is 19.6 Å². The zero-order valence-electron chi connectivity index (χ0n) is 17.7. The van der Waals surface area contributed by atoms with Gasteiger partial charge in [0.05, 0.1) is 18.3 Å². The number of aliphatic imine (C=N–C) groups is 1. The molecule has 3 aliphatic carbocycles. The summed E-state index contributed by atoms with van der Waals surface area (Å²) in [5.74, 6) is 1.08. The standard InChI is InChI=1S/C22H30BrN5O2/c1-13-16-8-15(22(16,2)3)9-17(13)28-18(10-24)20(23)21(30)27-12-19(29)26-11-14-4-6-25-7-5-14/h4-7,10,13,15-17,20,24H,8-9,11-12H2,1-3H3,(H,26,29)(H,27,30)/t13-,15+,16-,17+,20?/m1/s1. The highest BCUT2D eigenvalue weighted by Crippen LogP contribution is 2.61. The number of fused-ring (bicyclic) bond motifs is 2. The van der Waals surface area contributed by atoms with Crippen LogP contribution in [0.4, 0.5) is 0 Å². The molecule has 3 N–H and O–H groups in total. The third kappa shape index (κ3) is 4.79. The lowest BCUT2D eigenvalue weighted by atomic mass is 9.45. The number of carbonyl (C=O) groups excluding carboxylic acids is 2. The van der Waals surface area contributed by atoms with E-state index < -0.39 is 4.83 Å². The van der Waals surface area contributed by atoms with Crippen LogP contribution in [-0.4, -0.2) is 46.1 Å². The highest BCUT2D eigenvalue weighted by Gasteiger charge is 2.56. The predicted molar refractivity (Wildman–Crippen MR) is 121 cm³/mol. The molecular formula is C22H30BrN5O2. The van der Waals surface area contributed by atoms with Gasteiger partial charge in [-0.1, -0.05) is 36.7 Å². The van der Waals surface area contributed by atoms with Gasteiger partial charge in [0.2, 0.25) is 11.8 Å². The Bertz CT molecular complexity index is 826. The third-order valence-corrected chi connectivity index (χ3v) is 7.81. The van der Waals surface area contributed by atoms with Crippen molar-refractivity contribution in [2.24, 2.45) is 28.2 Å². The largest absolute Gasteiger partial charge is 0.350 e. The maximum atomic E-state index is 12.5. The minimum atomic E-state index is -0.749. The second-order valence-electron chi connectivity index (χ2n) is 8.93. The summed E-state index contributed by atoms with van der Waals surface area (Å²) < 4.78 is 0. The molecule has 1 aromatic heterocycles. The van der Waals surface area contributed by atoms with Gasteiger partial charge in [0.15, 0.2) is 0 Å². The van der Waals surface area contributed by atoms with E-state index in [1.165, 1.54) is 6.42 Å². The molecule has 0 spiro atoms. The number of nitrogens with zero attached hydrogens (tertiary/aromatic N) is 2. The average molecular weight is 476 g/mol. The molecule has 1 aromatic rings. The Balaban J connectivity index is 1.51. The summed E-state index contributed by atoms with van der Waals surface area (Å²) in [4.78, 5) is 32.5. The van der Waals surface area contributed by atoms with Gasteiger partial charge in [-0.25, -0.2) is 0 Å². The van der Waals surface area contributed by atoms with Crippen LogP contribution in [0.25, 0.3) is 0 Å². The molecule has 3 saturated carbocycles. The Morgan fingerprint density at radius 2 is 2.03 bits per heavy atom. The fourth-order valence-electron chi connectivity index (χ4n) is 4.82. The molecule has 5 atom stereocenters. The van der Waals surface area contributed by atoms with Gasteiger partial charge in [-0.15, -0.1) is 0 Å². The summed E-state index contributed by atoms with van der Waals surface area (Å²) in [5.41, 5.74) is 1.70. The van der Waals surface area contributed by atoms with E-state index in [2.05, 4.69) is 52.3 Å². The van der Waals surface area contributed by atoms with E-state index in [1.54, 1.807) is 12.4 Å². The summed E-state index contributed by atoms with van der Waals surface area (Å²) in [6.45, 7) is 7.14. The molecule has 0 radical (unpaired) electrons. The van der Waals surface area contributed by atoms with E-state index in [0.29, 0.717) is 35.4 Å². The lowest BCUT2D eigenvalue weighted by molar-refractivity contribution is -0.125. The maximum Gasteiger partial charge on any atom is 0.240 e. The quantitative estimate of drug-likeness (QED) is 0.397. The average Bonchev–Trinajstić information content (AvgIpc) is 2.75. The Labute approximate surface area is 186 Å². The number of hydrogen-bond donors (Lipinski definition) is 3. The molecule has 1 heterocycles. The van der Waals surface area contributed by atoms with Crippen molar-refractivity contribution in [3.63, 3.8) is 0 Å². The molecule has 2 bridgehead atoms. The van der Waals surface area contributed by atoms with E-state index in [1.807, 2.05) is 12.1 Å². The predicted octanol–water partition coefficient (Wildman–Crippen LogP) is 2.74. The third-order valence-electron chi connectivity index (χ3n) is 6.93. The molecule has 162 valence electrons. The summed E-state index contributed by atoms with van der Waals surface area (Å²) in [7, 11) is 0. The molecule has 3 aliphatic rings. The zero-order chi connectivity index (χ0) is 21.9. The van der Waals surface area contributed by atoms with Crippen molar-refractivity contribution in [3.8, 4) is 0 Å². The Morgan fingerprint density at radius 3 is 2.63 bits per heavy atom. The van der Waals surface area contributed by atoms with Crippen LogP contribution >= 0.6 is 15.9 Å². The van der Waals surface area contributed by atoms with Gasteiger partial charge in [0, 0.05) is 25.2 Å². The molecule has 0 aromatic carbocycles. The number of carbonyl (C=O) groups is 2. The van der Waals surface area contributed by atoms with Crippen LogP contribution in [0.1, 0.15) is 39.2 Å². The lowest BCUT2D eigenvalue weighted by Gasteiger charge is -2.61. The van der Waals surface area contributed by atoms with Crippen molar-refractivity contribution in [1.82, 2.24) is 15.6 Å². The zero-order valence-corrected chi connectivity index (χ0v) is 19.3. The lowest BCUT2D eigenvalue weighted by Crippen LogP contribution is -2.56. The smallest absolute Gasteiger partial charge is 0.240 e. The monoisotopic (exact) mass is 475 g/mol. The molecular weight excluding hydrogens is 446 g/mol. The Morgan fingerprint density at radius 1 is 1.33 bits per heavy atom. The first-order chi connectivity index (χ1) is 14.2. The normalized spacial score (nSPS) is 28.1. The van der Waals surface area contributed by atoms with Gasteiger partial charge in [0.1, 0.15) is 4.83 Å². The summed E-state index contributed by atoms with van der Waals surface area (Å²) in [6, 6.07) is 3.77. The van der Waals surface area contributed by atoms with Gasteiger partial charge in [0.25, 0.3) is 0 Å². The number of hydrogen-bond acceptors (Lipinski definition) is 5. The fourth-order valence-corrected chi connectivity index (χ4v) is 5.23. The minimum absolute atomic E-state index is 0.129. The number of halogens is 1. The molecule has 3 fully saturated rings. The van der Waals surface area contributed by atoms with Crippen LogP contribution in [0, 0.1) is 28.6 Å². The topological polar surface area (TPSA) is 107 Å². The molecule has 8 heteroatoms. The molecule has 0 saturated heterocycles. The number of alkyl halides is 1. The summed E-state index contributed by atoms with van der Waals surface area (Å²) in [6.07, 6.45) is 6.72. The first kappa shape index (κ1) is 22.6. The van der Waals surface area contributed by atoms with Crippen LogP contribution in [-0.2, 0) is 16.1 Å². The first-order valence-corrected chi connectivity index (χ1v) is 11.3. The molecule has 4 rings (SSSR count). The Kier molecular flexibility index (Phi) is 7.06. The van der Waals surface area contributed by atoms with Crippen LogP contribution in [0.15, 0.2) is 29.5 Å². The SMILES string of the molecule is C[C@H]1[C@@H](N=C(C=N)C(Br)C(=O)NCC(=O)NCc2ccncc2)C[C@@H]2C[C@H]1C2(C)C. The Hall–Kier alpha value is -2.09. The van der Waals surface area contributed by atoms with Crippen molar-refractivity contribution in [2.45, 2.75) is 51.0 Å². The van der Waals surface area contributed by atoms with E-state index >= 15 is 0 Å². The van der Waals surface area contributed by atoms with Crippen molar-refractivity contribution in [1.29, 1.82) is 5.41 Å². The van der Waals surface area contributed by atoms with Gasteiger partial charge in [-0.05, 0) is 53.7 Å². The first-order valence-electron chi connectivity index (χ1n) is 10.4. The second-order valence-corrected chi connectivity index (χ2v) is 9.85. The van der Waals surface area contributed by atoms with E-state index in [9.17, 15) is 9.59 Å². The van der Waals surface area contributed by atoms with Gasteiger partial charge in [-0.2, -0.15) is 0 Å². The van der Waals surface area contributed by atoms with E-state index in [4.69, 9.17) is 10.4 Å². The summed E-state index contributed by atoms with van der Waals surface area (Å²) in [5, 5.41) is 13.1. The maximum absolute atomic E-state index is 12.5. The van der Waals surface area contributed by atoms with Crippen LogP contribution in [0.3, 0.4) is 0 Å². The van der Waals surface area contributed by atoms with Gasteiger partial charge >= 0.3 is 0 Å². The highest BCUT2D eigenvalue weighted by molar-refractivity contribution is 9.10. The summed E-state index contributed by atoms with van der Waals surface area (Å²) >= 11 is 3.36. The van der Waals surface area contributed by atoms with Crippen molar-refractivity contribution in [2.75, 3.05) is 6.54 Å². The number of rotatable bonds is 8. The van der Waals surface area contributed by atoms with Crippen LogP contribution in [0.5, 0.6) is 0 Å². The fraction of sp³-hybridized carbons (Fsp3) is 0.591. The molecule has 0 aliphatic heterocycles. The van der Waals surface area contributed by atoms with Crippen LogP contribution < -0.4 is 10.6 Å². The minimum Gasteiger partial charge on any atom is -0.350 e. The van der Waals surface area contributed by atoms with Crippen molar-refractivity contribution in [3.05, 3.63) is 30.1 Å². The number of amides is 2. The molecule has 2 amide bonds. The molecule has 1 unspecified atom stereocenters.